The molecule has 0 atom stereocenters. The SMILES string of the molecule is Nc1ncc(Cl)cc1-c1ccc(Oc2ncc(NC(=O)Nc3ccc(F)c(C(F)(F)F)c3)cn2)cc1. The van der Waals surface area contributed by atoms with Crippen molar-refractivity contribution in [2.45, 2.75) is 6.18 Å². The molecule has 4 N–H and O–H groups in total. The molecule has 4 aromatic rings. The first-order valence-corrected chi connectivity index (χ1v) is 10.4. The van der Waals surface area contributed by atoms with Crippen molar-refractivity contribution in [2.24, 2.45) is 0 Å². The molecule has 2 amide bonds. The lowest BCUT2D eigenvalue weighted by Gasteiger charge is -2.11. The third-order valence-electron chi connectivity index (χ3n) is 4.68. The standard InChI is InChI=1S/C23H15ClF4N6O2/c24-13-7-17(20(29)30-9-13)12-1-4-16(5-2-12)36-22-31-10-15(11-32-22)34-21(35)33-14-3-6-19(25)18(8-14)23(26,27)28/h1-11H,(H2,29,30)(H2,33,34,35). The Morgan fingerprint density at radius 1 is 0.917 bits per heavy atom. The highest BCUT2D eigenvalue weighted by Crippen LogP contribution is 2.33. The number of hydrogen-bond donors (Lipinski definition) is 3. The zero-order valence-corrected chi connectivity index (χ0v) is 18.7. The number of nitrogens with two attached hydrogens (primary N) is 1. The lowest BCUT2D eigenvalue weighted by Crippen LogP contribution is -2.20. The van der Waals surface area contributed by atoms with Gasteiger partial charge in [0.05, 0.1) is 28.7 Å². The fraction of sp³-hybridized carbons (Fsp3) is 0.0435. The summed E-state index contributed by atoms with van der Waals surface area (Å²) in [6, 6.07) is 9.72. The number of nitrogens with zero attached hydrogens (tertiary/aromatic N) is 3. The van der Waals surface area contributed by atoms with Crippen LogP contribution in [0.25, 0.3) is 11.1 Å². The van der Waals surface area contributed by atoms with E-state index < -0.39 is 23.6 Å². The van der Waals surface area contributed by atoms with E-state index in [2.05, 4.69) is 25.6 Å². The number of carbonyl (C=O) groups is 1. The normalized spacial score (nSPS) is 11.1. The number of hydrogen-bond acceptors (Lipinski definition) is 6. The van der Waals surface area contributed by atoms with Crippen LogP contribution in [0.3, 0.4) is 0 Å². The zero-order valence-electron chi connectivity index (χ0n) is 18.0. The van der Waals surface area contributed by atoms with Gasteiger partial charge < -0.3 is 21.1 Å². The van der Waals surface area contributed by atoms with Gasteiger partial charge in [0.1, 0.15) is 17.4 Å². The monoisotopic (exact) mass is 518 g/mol. The lowest BCUT2D eigenvalue weighted by atomic mass is 10.1. The fourth-order valence-electron chi connectivity index (χ4n) is 3.04. The number of pyridine rings is 1. The van der Waals surface area contributed by atoms with Crippen LogP contribution in [0, 0.1) is 5.82 Å². The van der Waals surface area contributed by atoms with E-state index in [4.69, 9.17) is 22.1 Å². The van der Waals surface area contributed by atoms with Gasteiger partial charge in [0.25, 0.3) is 0 Å². The predicted molar refractivity (Wildman–Crippen MR) is 125 cm³/mol. The Balaban J connectivity index is 1.37. The van der Waals surface area contributed by atoms with E-state index in [9.17, 15) is 22.4 Å². The number of urea groups is 1. The van der Waals surface area contributed by atoms with Gasteiger partial charge in [0, 0.05) is 17.4 Å². The molecule has 184 valence electrons. The van der Waals surface area contributed by atoms with Crippen LogP contribution in [0.4, 0.5) is 39.5 Å². The van der Waals surface area contributed by atoms with Crippen molar-refractivity contribution < 1.29 is 27.1 Å². The van der Waals surface area contributed by atoms with Gasteiger partial charge in [0.2, 0.25) is 0 Å². The molecule has 4 rings (SSSR count). The fourth-order valence-corrected chi connectivity index (χ4v) is 3.19. The summed E-state index contributed by atoms with van der Waals surface area (Å²) >= 11 is 5.97. The van der Waals surface area contributed by atoms with Crippen LogP contribution in [0.2, 0.25) is 5.02 Å². The third-order valence-corrected chi connectivity index (χ3v) is 4.88. The first-order chi connectivity index (χ1) is 17.1. The van der Waals surface area contributed by atoms with Crippen LogP contribution in [0.5, 0.6) is 11.8 Å². The molecule has 0 unspecified atom stereocenters. The van der Waals surface area contributed by atoms with E-state index in [0.29, 0.717) is 34.3 Å². The summed E-state index contributed by atoms with van der Waals surface area (Å²) in [5.41, 5.74) is 5.71. The summed E-state index contributed by atoms with van der Waals surface area (Å²) < 4.78 is 57.4. The maximum Gasteiger partial charge on any atom is 0.419 e. The van der Waals surface area contributed by atoms with E-state index in [1.807, 2.05) is 0 Å². The van der Waals surface area contributed by atoms with Gasteiger partial charge in [-0.05, 0) is 42.0 Å². The molecular weight excluding hydrogens is 504 g/mol. The third kappa shape index (κ3) is 5.96. The molecule has 0 aliphatic carbocycles. The average molecular weight is 519 g/mol. The number of benzene rings is 2. The molecule has 2 aromatic carbocycles. The largest absolute Gasteiger partial charge is 0.424 e. The van der Waals surface area contributed by atoms with Crippen LogP contribution in [-0.4, -0.2) is 21.0 Å². The van der Waals surface area contributed by atoms with Gasteiger partial charge in [-0.25, -0.2) is 24.1 Å². The van der Waals surface area contributed by atoms with Crippen molar-refractivity contribution in [1.29, 1.82) is 0 Å². The van der Waals surface area contributed by atoms with Crippen LogP contribution < -0.4 is 21.1 Å². The summed E-state index contributed by atoms with van der Waals surface area (Å²) in [4.78, 5) is 24.1. The Morgan fingerprint density at radius 2 is 1.58 bits per heavy atom. The predicted octanol–water partition coefficient (Wildman–Crippen LogP) is 6.37. The van der Waals surface area contributed by atoms with Crippen molar-refractivity contribution in [3.8, 4) is 22.9 Å². The molecule has 8 nitrogen and oxygen atoms in total. The van der Waals surface area contributed by atoms with Gasteiger partial charge in [-0.1, -0.05) is 23.7 Å². The van der Waals surface area contributed by atoms with Gasteiger partial charge >= 0.3 is 18.2 Å². The Labute approximate surface area is 206 Å². The highest BCUT2D eigenvalue weighted by Gasteiger charge is 2.34. The number of rotatable bonds is 5. The van der Waals surface area contributed by atoms with E-state index in [1.54, 1.807) is 30.3 Å². The second-order valence-corrected chi connectivity index (χ2v) is 7.68. The first kappa shape index (κ1) is 24.7. The molecule has 0 fully saturated rings. The van der Waals surface area contributed by atoms with Crippen molar-refractivity contribution in [1.82, 2.24) is 15.0 Å². The van der Waals surface area contributed by atoms with Crippen molar-refractivity contribution in [3.63, 3.8) is 0 Å². The van der Waals surface area contributed by atoms with Crippen molar-refractivity contribution >= 4 is 34.8 Å². The molecule has 0 bridgehead atoms. The Morgan fingerprint density at radius 3 is 2.25 bits per heavy atom. The highest BCUT2D eigenvalue weighted by molar-refractivity contribution is 6.30. The summed E-state index contributed by atoms with van der Waals surface area (Å²) in [7, 11) is 0. The Kier molecular flexibility index (Phi) is 6.88. The molecule has 0 aliphatic rings. The minimum Gasteiger partial charge on any atom is -0.424 e. The number of alkyl halides is 3. The van der Waals surface area contributed by atoms with Crippen LogP contribution in [0.1, 0.15) is 5.56 Å². The van der Waals surface area contributed by atoms with Crippen LogP contribution in [0.15, 0.2) is 67.1 Å². The molecule has 0 aliphatic heterocycles. The molecule has 0 radical (unpaired) electrons. The van der Waals surface area contributed by atoms with Crippen molar-refractivity contribution in [3.05, 3.63) is 83.5 Å². The number of anilines is 3. The maximum absolute atomic E-state index is 13.4. The second-order valence-electron chi connectivity index (χ2n) is 7.24. The number of halogens is 5. The number of nitrogens with one attached hydrogen (secondary N) is 2. The van der Waals surface area contributed by atoms with Crippen molar-refractivity contribution in [2.75, 3.05) is 16.4 Å². The van der Waals surface area contributed by atoms with Gasteiger partial charge in [-0.15, -0.1) is 0 Å². The lowest BCUT2D eigenvalue weighted by molar-refractivity contribution is -0.139. The molecular formula is C23H15ClF4N6O2. The van der Waals surface area contributed by atoms with E-state index >= 15 is 0 Å². The molecule has 0 spiro atoms. The molecule has 13 heteroatoms. The second kappa shape index (κ2) is 10.0. The minimum atomic E-state index is -4.90. The summed E-state index contributed by atoms with van der Waals surface area (Å²) in [6.45, 7) is 0. The number of aromatic nitrogens is 3. The number of ether oxygens (including phenoxy) is 1. The maximum atomic E-state index is 13.4. The molecule has 2 heterocycles. The number of amides is 2. The smallest absolute Gasteiger partial charge is 0.419 e. The van der Waals surface area contributed by atoms with Gasteiger partial charge in [0.15, 0.2) is 0 Å². The van der Waals surface area contributed by atoms with E-state index in [-0.39, 0.29) is 17.4 Å². The molecule has 0 saturated carbocycles. The molecule has 36 heavy (non-hydrogen) atoms. The van der Waals surface area contributed by atoms with Gasteiger partial charge in [-0.3, -0.25) is 0 Å². The molecule has 0 saturated heterocycles. The van der Waals surface area contributed by atoms with Gasteiger partial charge in [-0.2, -0.15) is 13.2 Å². The minimum absolute atomic E-state index is 0.0222. The molecule has 2 aromatic heterocycles. The summed E-state index contributed by atoms with van der Waals surface area (Å²) in [5, 5.41) is 4.98. The Bertz CT molecular complexity index is 1400. The van der Waals surface area contributed by atoms with Crippen LogP contribution >= 0.6 is 11.6 Å². The average Bonchev–Trinajstić information content (AvgIpc) is 2.83. The number of carbonyl (C=O) groups excluding carboxylic acids is 1. The van der Waals surface area contributed by atoms with Crippen LogP contribution in [-0.2, 0) is 6.18 Å². The summed E-state index contributed by atoms with van der Waals surface area (Å²) in [5.74, 6) is -0.705. The van der Waals surface area contributed by atoms with E-state index in [0.717, 1.165) is 11.6 Å². The first-order valence-electron chi connectivity index (χ1n) is 10.0. The highest BCUT2D eigenvalue weighted by atomic mass is 35.5. The summed E-state index contributed by atoms with van der Waals surface area (Å²) in [6.07, 6.45) is -0.979. The quantitative estimate of drug-likeness (QED) is 0.264. The van der Waals surface area contributed by atoms with E-state index in [1.165, 1.54) is 18.6 Å². The topological polar surface area (TPSA) is 115 Å². The zero-order chi connectivity index (χ0) is 25.9. The number of nitrogen functional groups attached to an aromatic ring is 1. The Hall–Kier alpha value is -4.45.